The number of allylic oxidation sites excluding steroid dienone is 1. The van der Waals surface area contributed by atoms with Crippen LogP contribution in [0.3, 0.4) is 0 Å². The molecule has 2 aromatic heterocycles. The van der Waals surface area contributed by atoms with Crippen molar-refractivity contribution in [2.45, 2.75) is 13.0 Å². The van der Waals surface area contributed by atoms with Gasteiger partial charge >= 0.3 is 0 Å². The highest BCUT2D eigenvalue weighted by atomic mass is 16.5. The summed E-state index contributed by atoms with van der Waals surface area (Å²) in [7, 11) is 2.09. The van der Waals surface area contributed by atoms with Gasteiger partial charge in [-0.1, -0.05) is 24.3 Å². The molecule has 4 heterocycles. The van der Waals surface area contributed by atoms with Gasteiger partial charge in [0.05, 0.1) is 30.5 Å². The molecule has 6 rings (SSSR count). The lowest BCUT2D eigenvalue weighted by Gasteiger charge is -2.32. The molecule has 0 radical (unpaired) electrons. The molecule has 0 N–H and O–H groups in total. The van der Waals surface area contributed by atoms with Gasteiger partial charge in [0, 0.05) is 44.8 Å². The van der Waals surface area contributed by atoms with Crippen LogP contribution in [0.1, 0.15) is 11.1 Å². The topological polar surface area (TPSA) is 79.6 Å². The number of morpholine rings is 1. The van der Waals surface area contributed by atoms with Crippen molar-refractivity contribution in [2.75, 3.05) is 64.4 Å². The van der Waals surface area contributed by atoms with Crippen molar-refractivity contribution in [3.63, 3.8) is 0 Å². The van der Waals surface area contributed by atoms with Gasteiger partial charge in [0.1, 0.15) is 6.54 Å². The Morgan fingerprint density at radius 3 is 2.71 bits per heavy atom. The number of rotatable bonds is 4. The van der Waals surface area contributed by atoms with Crippen LogP contribution in [-0.4, -0.2) is 95.0 Å². The van der Waals surface area contributed by atoms with Crippen LogP contribution in [0, 0.1) is 0 Å². The van der Waals surface area contributed by atoms with E-state index in [2.05, 4.69) is 52.3 Å². The van der Waals surface area contributed by atoms with Crippen molar-refractivity contribution in [1.82, 2.24) is 29.5 Å². The highest BCUT2D eigenvalue weighted by Crippen LogP contribution is 2.32. The van der Waals surface area contributed by atoms with E-state index in [1.807, 2.05) is 4.90 Å². The van der Waals surface area contributed by atoms with Crippen LogP contribution in [0.4, 0.5) is 5.95 Å². The number of hydrogen-bond acceptors (Lipinski definition) is 7. The Balaban J connectivity index is 1.39. The Hall–Kier alpha value is -3.30. The quantitative estimate of drug-likeness (QED) is 0.587. The molecule has 0 bridgehead atoms. The molecule has 2 saturated heterocycles. The number of anilines is 1. The molecule has 1 amide bonds. The Labute approximate surface area is 198 Å². The Morgan fingerprint density at radius 2 is 1.88 bits per heavy atom. The number of nitrogens with zero attached hydrogens (tertiary/aromatic N) is 7. The zero-order chi connectivity index (χ0) is 23.1. The SMILES string of the molecule is CN1CCN(C(=O)Cn2ncc3c(-c4ccc5c(c4)CC=C5)nc(N4CCOCC4)nc32)CC1. The van der Waals surface area contributed by atoms with E-state index in [1.54, 1.807) is 10.9 Å². The molecule has 3 aliphatic rings. The van der Waals surface area contributed by atoms with Crippen LogP contribution < -0.4 is 4.90 Å². The first-order chi connectivity index (χ1) is 16.7. The van der Waals surface area contributed by atoms with Gasteiger partial charge < -0.3 is 19.4 Å². The maximum atomic E-state index is 13.1. The summed E-state index contributed by atoms with van der Waals surface area (Å²) < 4.78 is 7.27. The van der Waals surface area contributed by atoms with Crippen molar-refractivity contribution < 1.29 is 9.53 Å². The molecule has 0 atom stereocenters. The fraction of sp³-hybridized carbons (Fsp3) is 0.440. The van der Waals surface area contributed by atoms with Crippen LogP contribution in [-0.2, 0) is 22.5 Å². The van der Waals surface area contributed by atoms with Crippen molar-refractivity contribution in [1.29, 1.82) is 0 Å². The Kier molecular flexibility index (Phi) is 5.50. The summed E-state index contributed by atoms with van der Waals surface area (Å²) in [6, 6.07) is 6.48. The molecule has 9 heteroatoms. The minimum Gasteiger partial charge on any atom is -0.378 e. The summed E-state index contributed by atoms with van der Waals surface area (Å²) >= 11 is 0. The molecule has 0 saturated carbocycles. The molecule has 2 aliphatic heterocycles. The van der Waals surface area contributed by atoms with Gasteiger partial charge in [0.25, 0.3) is 0 Å². The molecule has 0 unspecified atom stereocenters. The molecular formula is C25H29N7O2. The summed E-state index contributed by atoms with van der Waals surface area (Å²) in [5.41, 5.74) is 5.17. The third-order valence-corrected chi connectivity index (χ3v) is 6.97. The number of ether oxygens (including phenoxy) is 1. The largest absolute Gasteiger partial charge is 0.378 e. The van der Waals surface area contributed by atoms with E-state index in [0.717, 1.165) is 62.3 Å². The molecule has 9 nitrogen and oxygen atoms in total. The van der Waals surface area contributed by atoms with E-state index < -0.39 is 0 Å². The highest BCUT2D eigenvalue weighted by Gasteiger charge is 2.23. The van der Waals surface area contributed by atoms with Crippen LogP contribution in [0.5, 0.6) is 0 Å². The van der Waals surface area contributed by atoms with Crippen LogP contribution >= 0.6 is 0 Å². The summed E-state index contributed by atoms with van der Waals surface area (Å²) in [6.07, 6.45) is 7.09. The smallest absolute Gasteiger partial charge is 0.244 e. The van der Waals surface area contributed by atoms with Crippen LogP contribution in [0.25, 0.3) is 28.4 Å². The van der Waals surface area contributed by atoms with Crippen LogP contribution in [0.15, 0.2) is 30.5 Å². The Bertz CT molecular complexity index is 1250. The number of carbonyl (C=O) groups is 1. The highest BCUT2D eigenvalue weighted by molar-refractivity contribution is 5.92. The molecule has 0 spiro atoms. The predicted molar refractivity (Wildman–Crippen MR) is 131 cm³/mol. The molecule has 2 fully saturated rings. The monoisotopic (exact) mass is 459 g/mol. The maximum absolute atomic E-state index is 13.1. The number of hydrogen-bond donors (Lipinski definition) is 0. The average Bonchev–Trinajstić information content (AvgIpc) is 3.51. The number of benzene rings is 1. The normalized spacial score (nSPS) is 18.6. The van der Waals surface area contributed by atoms with Crippen molar-refractivity contribution in [3.05, 3.63) is 41.6 Å². The lowest BCUT2D eigenvalue weighted by Crippen LogP contribution is -2.48. The number of likely N-dealkylation sites (N-methyl/N-ethyl adjacent to an activating group) is 1. The first kappa shape index (κ1) is 21.2. The third kappa shape index (κ3) is 3.95. The molecule has 1 aliphatic carbocycles. The second-order valence-electron chi connectivity index (χ2n) is 9.22. The first-order valence-electron chi connectivity index (χ1n) is 12.0. The lowest BCUT2D eigenvalue weighted by atomic mass is 10.0. The Morgan fingerprint density at radius 1 is 1.06 bits per heavy atom. The fourth-order valence-electron chi connectivity index (χ4n) is 4.87. The van der Waals surface area contributed by atoms with Gasteiger partial charge in [0.15, 0.2) is 5.65 Å². The predicted octanol–water partition coefficient (Wildman–Crippen LogP) is 1.67. The summed E-state index contributed by atoms with van der Waals surface area (Å²) in [5.74, 6) is 0.744. The third-order valence-electron chi connectivity index (χ3n) is 6.97. The second-order valence-corrected chi connectivity index (χ2v) is 9.22. The van der Waals surface area contributed by atoms with Crippen molar-refractivity contribution in [2.24, 2.45) is 0 Å². The summed E-state index contributed by atoms with van der Waals surface area (Å²) in [6.45, 7) is 6.26. The van der Waals surface area contributed by atoms with Gasteiger partial charge in [0.2, 0.25) is 11.9 Å². The van der Waals surface area contributed by atoms with Gasteiger partial charge in [-0.3, -0.25) is 4.79 Å². The van der Waals surface area contributed by atoms with Gasteiger partial charge in [-0.15, -0.1) is 0 Å². The molecule has 1 aromatic carbocycles. The number of carbonyl (C=O) groups excluding carboxylic acids is 1. The summed E-state index contributed by atoms with van der Waals surface area (Å²) in [4.78, 5) is 29.3. The molecular weight excluding hydrogens is 430 g/mol. The molecule has 3 aromatic rings. The van der Waals surface area contributed by atoms with E-state index in [9.17, 15) is 4.79 Å². The van der Waals surface area contributed by atoms with E-state index in [4.69, 9.17) is 14.7 Å². The van der Waals surface area contributed by atoms with Gasteiger partial charge in [-0.2, -0.15) is 10.1 Å². The second kappa shape index (κ2) is 8.81. The van der Waals surface area contributed by atoms with Crippen molar-refractivity contribution >= 4 is 29.0 Å². The van der Waals surface area contributed by atoms with E-state index in [-0.39, 0.29) is 12.5 Å². The minimum absolute atomic E-state index is 0.0785. The van der Waals surface area contributed by atoms with E-state index in [0.29, 0.717) is 24.8 Å². The van der Waals surface area contributed by atoms with Gasteiger partial charge in [-0.05, 0) is 30.7 Å². The number of amides is 1. The number of aromatic nitrogens is 4. The minimum atomic E-state index is 0.0785. The van der Waals surface area contributed by atoms with E-state index >= 15 is 0 Å². The van der Waals surface area contributed by atoms with Crippen LogP contribution in [0.2, 0.25) is 0 Å². The zero-order valence-electron chi connectivity index (χ0n) is 19.5. The van der Waals surface area contributed by atoms with Crippen molar-refractivity contribution in [3.8, 4) is 11.3 Å². The standard InChI is InChI=1S/C25H29N7O2/c1-29-7-9-30(10-8-29)22(33)17-32-24-21(16-26-32)23(20-6-5-18-3-2-4-19(18)15-20)27-25(28-24)31-11-13-34-14-12-31/h2-3,5-6,15-16H,4,7-14,17H2,1H3. The maximum Gasteiger partial charge on any atom is 0.244 e. The van der Waals surface area contributed by atoms with E-state index in [1.165, 1.54) is 11.1 Å². The first-order valence-corrected chi connectivity index (χ1v) is 12.0. The number of fused-ring (bicyclic) bond motifs is 2. The number of piperazine rings is 1. The van der Waals surface area contributed by atoms with Gasteiger partial charge in [-0.25, -0.2) is 9.67 Å². The zero-order valence-corrected chi connectivity index (χ0v) is 19.5. The fourth-order valence-corrected chi connectivity index (χ4v) is 4.87. The molecule has 34 heavy (non-hydrogen) atoms. The molecule has 176 valence electrons. The average molecular weight is 460 g/mol. The summed E-state index contributed by atoms with van der Waals surface area (Å²) in [5, 5.41) is 5.46. The lowest BCUT2D eigenvalue weighted by molar-refractivity contribution is -0.133.